The number of aromatic nitrogens is 2. The van der Waals surface area contributed by atoms with Gasteiger partial charge in [0.2, 0.25) is 0 Å². The van der Waals surface area contributed by atoms with Gasteiger partial charge in [-0.25, -0.2) is 9.37 Å². The van der Waals surface area contributed by atoms with Crippen LogP contribution in [0.2, 0.25) is 0 Å². The number of aromatic amines is 1. The van der Waals surface area contributed by atoms with Gasteiger partial charge in [0.05, 0.1) is 22.7 Å². The first-order valence-electron chi connectivity index (χ1n) is 9.27. The average Bonchev–Trinajstić information content (AvgIpc) is 2.74. The van der Waals surface area contributed by atoms with Crippen LogP contribution in [0.25, 0.3) is 28.2 Å². The van der Waals surface area contributed by atoms with Gasteiger partial charge in [-0.1, -0.05) is 30.3 Å². The Kier molecular flexibility index (Phi) is 5.10. The number of hydrogen-bond donors (Lipinski definition) is 2. The molecule has 0 radical (unpaired) electrons. The van der Waals surface area contributed by atoms with Gasteiger partial charge >= 0.3 is 0 Å². The summed E-state index contributed by atoms with van der Waals surface area (Å²) in [4.78, 5) is 19.8. The third-order valence-corrected chi connectivity index (χ3v) is 4.68. The van der Waals surface area contributed by atoms with Crippen molar-refractivity contribution < 1.29 is 4.39 Å². The first-order chi connectivity index (χ1) is 14.5. The van der Waals surface area contributed by atoms with Gasteiger partial charge in [-0.15, -0.1) is 0 Å². The summed E-state index contributed by atoms with van der Waals surface area (Å²) in [6, 6.07) is 20.8. The van der Waals surface area contributed by atoms with E-state index >= 15 is 0 Å². The van der Waals surface area contributed by atoms with Crippen LogP contribution in [0.4, 0.5) is 4.39 Å². The normalized spacial score (nSPS) is 11.4. The van der Waals surface area contributed by atoms with Gasteiger partial charge in [-0.3, -0.25) is 4.79 Å². The molecule has 0 amide bonds. The highest BCUT2D eigenvalue weighted by Crippen LogP contribution is 2.23. The van der Waals surface area contributed by atoms with Gasteiger partial charge in [0.1, 0.15) is 11.5 Å². The molecule has 3 aromatic carbocycles. The molecule has 6 heteroatoms. The van der Waals surface area contributed by atoms with Gasteiger partial charge in [-0.2, -0.15) is 5.26 Å². The van der Waals surface area contributed by atoms with Crippen molar-refractivity contribution in [3.63, 3.8) is 0 Å². The maximum Gasteiger partial charge on any atom is 0.270 e. The lowest BCUT2D eigenvalue weighted by Crippen LogP contribution is -2.17. The zero-order valence-electron chi connectivity index (χ0n) is 15.9. The summed E-state index contributed by atoms with van der Waals surface area (Å²) in [5.41, 5.74) is 10.8. The minimum Gasteiger partial charge on any atom is -0.402 e. The zero-order valence-corrected chi connectivity index (χ0v) is 15.9. The summed E-state index contributed by atoms with van der Waals surface area (Å²) < 4.78 is 13.2. The molecule has 4 rings (SSSR count). The Morgan fingerprint density at radius 2 is 1.87 bits per heavy atom. The number of nitrogens with one attached hydrogen (secondary N) is 1. The highest BCUT2D eigenvalue weighted by molar-refractivity contribution is 5.81. The van der Waals surface area contributed by atoms with Gasteiger partial charge in [0.15, 0.2) is 0 Å². The number of nitrogens with two attached hydrogens (primary N) is 1. The highest BCUT2D eigenvalue weighted by Gasteiger charge is 2.08. The van der Waals surface area contributed by atoms with Crippen LogP contribution < -0.4 is 11.3 Å². The van der Waals surface area contributed by atoms with E-state index in [-0.39, 0.29) is 17.8 Å². The standard InChI is InChI=1S/C24H17FN4O/c25-19-7-4-17(5-8-19)18-6-9-21-22(12-18)28-23(24(30)29-21)13-20(27)11-15-2-1-3-16(10-15)14-26/h1-12H,13,27H2,(H,29,30)/b20-11-. The lowest BCUT2D eigenvalue weighted by Gasteiger charge is -2.06. The number of halogens is 1. The first-order valence-corrected chi connectivity index (χ1v) is 9.27. The van der Waals surface area contributed by atoms with Crippen molar-refractivity contribution >= 4 is 17.1 Å². The van der Waals surface area contributed by atoms with Crippen LogP contribution in [0.15, 0.2) is 77.2 Å². The fraction of sp³-hybridized carbons (Fsp3) is 0.0417. The summed E-state index contributed by atoms with van der Waals surface area (Å²) in [7, 11) is 0. The van der Waals surface area contributed by atoms with Crippen LogP contribution in [0.5, 0.6) is 0 Å². The minimum absolute atomic E-state index is 0.169. The Labute approximate surface area is 171 Å². The maximum absolute atomic E-state index is 13.2. The summed E-state index contributed by atoms with van der Waals surface area (Å²) in [5.74, 6) is -0.299. The molecular formula is C24H17FN4O. The Hall–Kier alpha value is -4.24. The van der Waals surface area contributed by atoms with Crippen LogP contribution in [0, 0.1) is 17.1 Å². The van der Waals surface area contributed by atoms with Crippen molar-refractivity contribution in [1.82, 2.24) is 9.97 Å². The molecule has 5 nitrogen and oxygen atoms in total. The maximum atomic E-state index is 13.2. The molecule has 0 saturated carbocycles. The van der Waals surface area contributed by atoms with E-state index in [1.165, 1.54) is 12.1 Å². The lowest BCUT2D eigenvalue weighted by molar-refractivity contribution is 0.628. The molecule has 0 atom stereocenters. The molecule has 1 aromatic heterocycles. The van der Waals surface area contributed by atoms with Gasteiger partial charge in [0.25, 0.3) is 5.56 Å². The van der Waals surface area contributed by atoms with E-state index in [0.717, 1.165) is 16.7 Å². The molecule has 0 unspecified atom stereocenters. The molecule has 30 heavy (non-hydrogen) atoms. The predicted octanol–water partition coefficient (Wildman–Crippen LogP) is 4.14. The number of H-pyrrole nitrogens is 1. The Bertz CT molecular complexity index is 1360. The van der Waals surface area contributed by atoms with Crippen molar-refractivity contribution in [2.45, 2.75) is 6.42 Å². The molecule has 0 spiro atoms. The van der Waals surface area contributed by atoms with Crippen molar-refractivity contribution in [1.29, 1.82) is 5.26 Å². The molecule has 0 aliphatic rings. The van der Waals surface area contributed by atoms with Crippen molar-refractivity contribution in [3.05, 3.63) is 105 Å². The monoisotopic (exact) mass is 396 g/mol. The molecule has 1 heterocycles. The lowest BCUT2D eigenvalue weighted by atomic mass is 10.0. The largest absolute Gasteiger partial charge is 0.402 e. The molecule has 0 aliphatic carbocycles. The molecule has 0 fully saturated rings. The molecular weight excluding hydrogens is 379 g/mol. The number of allylic oxidation sites excluding steroid dienone is 1. The second-order valence-corrected chi connectivity index (χ2v) is 6.88. The number of nitriles is 1. The van der Waals surface area contributed by atoms with E-state index in [2.05, 4.69) is 16.0 Å². The zero-order chi connectivity index (χ0) is 21.1. The molecule has 146 valence electrons. The predicted molar refractivity (Wildman–Crippen MR) is 115 cm³/mol. The van der Waals surface area contributed by atoms with Gasteiger partial charge < -0.3 is 10.7 Å². The van der Waals surface area contributed by atoms with Crippen LogP contribution in [0.3, 0.4) is 0 Å². The Balaban J connectivity index is 1.67. The van der Waals surface area contributed by atoms with Crippen LogP contribution in [-0.4, -0.2) is 9.97 Å². The second kappa shape index (κ2) is 8.02. The number of nitrogens with zero attached hydrogens (tertiary/aromatic N) is 2. The molecule has 0 saturated heterocycles. The SMILES string of the molecule is N#Cc1cccc(/C=C(\N)Cc2nc3cc(-c4ccc(F)cc4)ccc3[nH]c2=O)c1. The summed E-state index contributed by atoms with van der Waals surface area (Å²) >= 11 is 0. The summed E-state index contributed by atoms with van der Waals surface area (Å²) in [6.45, 7) is 0. The van der Waals surface area contributed by atoms with E-state index in [9.17, 15) is 9.18 Å². The van der Waals surface area contributed by atoms with Crippen LogP contribution >= 0.6 is 0 Å². The van der Waals surface area contributed by atoms with E-state index in [1.807, 2.05) is 18.2 Å². The smallest absolute Gasteiger partial charge is 0.270 e. The van der Waals surface area contributed by atoms with Crippen molar-refractivity contribution in [2.24, 2.45) is 5.73 Å². The first kappa shape index (κ1) is 19.1. The summed E-state index contributed by atoms with van der Waals surface area (Å²) in [6.07, 6.45) is 1.89. The van der Waals surface area contributed by atoms with E-state index in [0.29, 0.717) is 28.0 Å². The molecule has 0 aliphatic heterocycles. The van der Waals surface area contributed by atoms with Crippen molar-refractivity contribution in [2.75, 3.05) is 0 Å². The molecule has 0 bridgehead atoms. The number of hydrogen-bond acceptors (Lipinski definition) is 4. The average molecular weight is 396 g/mol. The minimum atomic E-state index is -0.306. The number of rotatable bonds is 4. The van der Waals surface area contributed by atoms with E-state index in [4.69, 9.17) is 11.0 Å². The quantitative estimate of drug-likeness (QED) is 0.542. The van der Waals surface area contributed by atoms with Gasteiger partial charge in [-0.05, 0) is 59.2 Å². The Morgan fingerprint density at radius 3 is 2.63 bits per heavy atom. The highest BCUT2D eigenvalue weighted by atomic mass is 19.1. The second-order valence-electron chi connectivity index (χ2n) is 6.88. The Morgan fingerprint density at radius 1 is 1.10 bits per heavy atom. The summed E-state index contributed by atoms with van der Waals surface area (Å²) in [5, 5.41) is 9.01. The van der Waals surface area contributed by atoms with Crippen molar-refractivity contribution in [3.8, 4) is 17.2 Å². The fourth-order valence-corrected chi connectivity index (χ4v) is 3.22. The van der Waals surface area contributed by atoms with E-state index < -0.39 is 0 Å². The third kappa shape index (κ3) is 4.10. The van der Waals surface area contributed by atoms with Crippen LogP contribution in [0.1, 0.15) is 16.8 Å². The molecule has 4 aromatic rings. The third-order valence-electron chi connectivity index (χ3n) is 4.68. The number of fused-ring (bicyclic) bond motifs is 1. The topological polar surface area (TPSA) is 95.6 Å². The van der Waals surface area contributed by atoms with Gasteiger partial charge in [0, 0.05) is 12.1 Å². The number of benzene rings is 3. The fourth-order valence-electron chi connectivity index (χ4n) is 3.22. The van der Waals surface area contributed by atoms with E-state index in [1.54, 1.807) is 42.5 Å². The van der Waals surface area contributed by atoms with Crippen LogP contribution in [-0.2, 0) is 6.42 Å². The molecule has 3 N–H and O–H groups in total.